The fourth-order valence-corrected chi connectivity index (χ4v) is 1.95. The van der Waals surface area contributed by atoms with E-state index >= 15 is 0 Å². The Bertz CT molecular complexity index is 802. The number of aromatic nitrogens is 1. The Hall–Kier alpha value is -3.11. The molecule has 25 heavy (non-hydrogen) atoms. The molecule has 0 fully saturated rings. The molecule has 0 aliphatic heterocycles. The standard InChI is InChI=1S/C17H14ClN3O4/c1-11(25-13-6-4-12(9-19)5-7-13)17(23)24-10-15(22)21-14-3-2-8-20-16(14)18/h2-8,11H,10H2,1H3,(H,21,22). The first-order valence-corrected chi connectivity index (χ1v) is 7.61. The van der Waals surface area contributed by atoms with Crippen molar-refractivity contribution >= 4 is 29.2 Å². The number of amides is 1. The van der Waals surface area contributed by atoms with Crippen LogP contribution in [0, 0.1) is 11.3 Å². The Labute approximate surface area is 149 Å². The minimum atomic E-state index is -0.914. The number of nitriles is 1. The molecule has 1 heterocycles. The number of hydrogen-bond donors (Lipinski definition) is 1. The third-order valence-electron chi connectivity index (χ3n) is 3.01. The summed E-state index contributed by atoms with van der Waals surface area (Å²) in [6, 6.07) is 11.4. The molecule has 1 unspecified atom stereocenters. The number of hydrogen-bond acceptors (Lipinski definition) is 6. The summed E-state index contributed by atoms with van der Waals surface area (Å²) in [6.45, 7) is 1.02. The normalized spacial score (nSPS) is 11.1. The molecule has 1 aromatic heterocycles. The second-order valence-electron chi connectivity index (χ2n) is 4.89. The third-order valence-corrected chi connectivity index (χ3v) is 3.31. The SMILES string of the molecule is CC(Oc1ccc(C#N)cc1)C(=O)OCC(=O)Nc1cccnc1Cl. The van der Waals surface area contributed by atoms with E-state index in [1.165, 1.54) is 13.1 Å². The maximum atomic E-state index is 11.9. The van der Waals surface area contributed by atoms with Crippen molar-refractivity contribution in [1.82, 2.24) is 4.98 Å². The van der Waals surface area contributed by atoms with Crippen LogP contribution in [0.25, 0.3) is 0 Å². The minimum Gasteiger partial charge on any atom is -0.479 e. The Morgan fingerprint density at radius 3 is 2.68 bits per heavy atom. The number of nitrogens with zero attached hydrogens (tertiary/aromatic N) is 2. The van der Waals surface area contributed by atoms with E-state index in [1.807, 2.05) is 6.07 Å². The molecule has 0 spiro atoms. The lowest BCUT2D eigenvalue weighted by Gasteiger charge is -2.14. The number of carbonyl (C=O) groups excluding carboxylic acids is 2. The van der Waals surface area contributed by atoms with Crippen LogP contribution in [0.5, 0.6) is 5.75 Å². The predicted molar refractivity (Wildman–Crippen MR) is 90.1 cm³/mol. The van der Waals surface area contributed by atoms with E-state index in [0.717, 1.165) is 0 Å². The number of rotatable bonds is 6. The number of halogens is 1. The average Bonchev–Trinajstić information content (AvgIpc) is 2.62. The van der Waals surface area contributed by atoms with Gasteiger partial charge in [-0.25, -0.2) is 9.78 Å². The second-order valence-corrected chi connectivity index (χ2v) is 5.25. The number of carbonyl (C=O) groups is 2. The van der Waals surface area contributed by atoms with Crippen LogP contribution in [-0.4, -0.2) is 29.6 Å². The second kappa shape index (κ2) is 8.66. The van der Waals surface area contributed by atoms with Crippen LogP contribution in [0.1, 0.15) is 12.5 Å². The van der Waals surface area contributed by atoms with Crippen LogP contribution >= 0.6 is 11.6 Å². The van der Waals surface area contributed by atoms with Gasteiger partial charge < -0.3 is 14.8 Å². The fraction of sp³-hybridized carbons (Fsp3) is 0.176. The predicted octanol–water partition coefficient (Wildman–Crippen LogP) is 2.56. The van der Waals surface area contributed by atoms with Gasteiger partial charge in [0.2, 0.25) is 0 Å². The summed E-state index contributed by atoms with van der Waals surface area (Å²) in [5, 5.41) is 11.4. The average molecular weight is 360 g/mol. The van der Waals surface area contributed by atoms with Gasteiger partial charge in [-0.05, 0) is 43.3 Å². The van der Waals surface area contributed by atoms with E-state index in [-0.39, 0.29) is 5.15 Å². The summed E-state index contributed by atoms with van der Waals surface area (Å²) in [6.07, 6.45) is 0.572. The van der Waals surface area contributed by atoms with Crippen LogP contribution in [0.2, 0.25) is 5.15 Å². The monoisotopic (exact) mass is 359 g/mol. The van der Waals surface area contributed by atoms with Crippen LogP contribution in [-0.2, 0) is 14.3 Å². The number of benzene rings is 1. The maximum absolute atomic E-state index is 11.9. The topological polar surface area (TPSA) is 101 Å². The summed E-state index contributed by atoms with van der Waals surface area (Å²) in [5.41, 5.74) is 0.806. The number of esters is 1. The molecule has 0 aliphatic rings. The molecule has 0 bridgehead atoms. The number of nitrogens with one attached hydrogen (secondary N) is 1. The molecule has 0 aliphatic carbocycles. The molecule has 0 saturated heterocycles. The summed E-state index contributed by atoms with van der Waals surface area (Å²) < 4.78 is 10.3. The molecular formula is C17H14ClN3O4. The summed E-state index contributed by atoms with van der Waals surface area (Å²) in [5.74, 6) is -0.833. The first kappa shape index (κ1) is 18.2. The maximum Gasteiger partial charge on any atom is 0.347 e. The van der Waals surface area contributed by atoms with Crippen molar-refractivity contribution in [2.24, 2.45) is 0 Å². The van der Waals surface area contributed by atoms with Gasteiger partial charge in [0, 0.05) is 6.20 Å². The first-order valence-electron chi connectivity index (χ1n) is 7.23. The lowest BCUT2D eigenvalue weighted by molar-refractivity contribution is -0.153. The zero-order valence-electron chi connectivity index (χ0n) is 13.2. The van der Waals surface area contributed by atoms with Crippen molar-refractivity contribution < 1.29 is 19.1 Å². The highest BCUT2D eigenvalue weighted by Crippen LogP contribution is 2.17. The van der Waals surface area contributed by atoms with E-state index in [0.29, 0.717) is 17.0 Å². The van der Waals surface area contributed by atoms with Gasteiger partial charge in [-0.15, -0.1) is 0 Å². The molecule has 8 heteroatoms. The summed E-state index contributed by atoms with van der Waals surface area (Å²) in [7, 11) is 0. The molecule has 2 rings (SSSR count). The summed E-state index contributed by atoms with van der Waals surface area (Å²) >= 11 is 5.82. The summed E-state index contributed by atoms with van der Waals surface area (Å²) in [4.78, 5) is 27.5. The van der Waals surface area contributed by atoms with Gasteiger partial charge in [0.05, 0.1) is 17.3 Å². The van der Waals surface area contributed by atoms with Gasteiger partial charge >= 0.3 is 5.97 Å². The smallest absolute Gasteiger partial charge is 0.347 e. The van der Waals surface area contributed by atoms with E-state index in [1.54, 1.807) is 36.4 Å². The molecule has 0 saturated carbocycles. The van der Waals surface area contributed by atoms with Crippen LogP contribution < -0.4 is 10.1 Å². The highest BCUT2D eigenvalue weighted by molar-refractivity contribution is 6.32. The van der Waals surface area contributed by atoms with Gasteiger partial charge in [-0.1, -0.05) is 11.6 Å². The van der Waals surface area contributed by atoms with Crippen molar-refractivity contribution in [2.45, 2.75) is 13.0 Å². The number of pyridine rings is 1. The number of ether oxygens (including phenoxy) is 2. The van der Waals surface area contributed by atoms with Crippen molar-refractivity contribution in [3.63, 3.8) is 0 Å². The van der Waals surface area contributed by atoms with Gasteiger partial charge in [-0.3, -0.25) is 4.79 Å². The van der Waals surface area contributed by atoms with E-state index < -0.39 is 24.6 Å². The van der Waals surface area contributed by atoms with Crippen molar-refractivity contribution in [2.75, 3.05) is 11.9 Å². The third kappa shape index (κ3) is 5.48. The quantitative estimate of drug-likeness (QED) is 0.628. The Morgan fingerprint density at radius 1 is 1.32 bits per heavy atom. The Balaban J connectivity index is 1.81. The highest BCUT2D eigenvalue weighted by atomic mass is 35.5. The van der Waals surface area contributed by atoms with Crippen LogP contribution in [0.4, 0.5) is 5.69 Å². The zero-order valence-corrected chi connectivity index (χ0v) is 14.0. The van der Waals surface area contributed by atoms with Gasteiger partial charge in [0.1, 0.15) is 5.75 Å². The fourth-order valence-electron chi connectivity index (χ4n) is 1.78. The molecule has 2 aromatic rings. The van der Waals surface area contributed by atoms with E-state index in [4.69, 9.17) is 26.3 Å². The molecular weight excluding hydrogens is 346 g/mol. The van der Waals surface area contributed by atoms with Crippen LogP contribution in [0.3, 0.4) is 0 Å². The van der Waals surface area contributed by atoms with Gasteiger partial charge in [0.25, 0.3) is 5.91 Å². The molecule has 0 radical (unpaired) electrons. The van der Waals surface area contributed by atoms with Crippen molar-refractivity contribution in [3.05, 3.63) is 53.3 Å². The molecule has 128 valence electrons. The van der Waals surface area contributed by atoms with Crippen molar-refractivity contribution in [3.8, 4) is 11.8 Å². The largest absolute Gasteiger partial charge is 0.479 e. The Kier molecular flexibility index (Phi) is 6.32. The highest BCUT2D eigenvalue weighted by Gasteiger charge is 2.18. The van der Waals surface area contributed by atoms with E-state index in [9.17, 15) is 9.59 Å². The lowest BCUT2D eigenvalue weighted by atomic mass is 10.2. The lowest BCUT2D eigenvalue weighted by Crippen LogP contribution is -2.29. The van der Waals surface area contributed by atoms with Gasteiger partial charge in [0.15, 0.2) is 17.9 Å². The molecule has 7 nitrogen and oxygen atoms in total. The Morgan fingerprint density at radius 2 is 2.04 bits per heavy atom. The molecule has 1 atom stereocenters. The zero-order chi connectivity index (χ0) is 18.2. The van der Waals surface area contributed by atoms with Crippen molar-refractivity contribution in [1.29, 1.82) is 5.26 Å². The van der Waals surface area contributed by atoms with E-state index in [2.05, 4.69) is 10.3 Å². The molecule has 1 N–H and O–H groups in total. The van der Waals surface area contributed by atoms with Crippen LogP contribution in [0.15, 0.2) is 42.6 Å². The molecule has 1 aromatic carbocycles. The molecule has 1 amide bonds. The minimum absolute atomic E-state index is 0.139. The first-order chi connectivity index (χ1) is 12.0. The van der Waals surface area contributed by atoms with Gasteiger partial charge in [-0.2, -0.15) is 5.26 Å². The number of anilines is 1.